The second kappa shape index (κ2) is 3.91. The maximum atomic E-state index is 4.26. The van der Waals surface area contributed by atoms with Crippen LogP contribution < -0.4 is 0 Å². The van der Waals surface area contributed by atoms with Crippen molar-refractivity contribution in [3.8, 4) is 0 Å². The first kappa shape index (κ1) is 7.99. The van der Waals surface area contributed by atoms with Crippen LogP contribution in [-0.2, 0) is 6.42 Å². The van der Waals surface area contributed by atoms with Crippen LogP contribution in [0, 0.1) is 6.92 Å². The van der Waals surface area contributed by atoms with Crippen molar-refractivity contribution in [3.05, 3.63) is 41.7 Å². The molecule has 0 aliphatic rings. The number of rotatable bonds is 2. The zero-order chi connectivity index (χ0) is 8.10. The molecule has 0 N–H and O–H groups in total. The molecule has 0 saturated heterocycles. The molecule has 0 fully saturated rings. The highest BCUT2D eigenvalue weighted by Crippen LogP contribution is 2.03. The third-order valence-corrected chi connectivity index (χ3v) is 1.66. The Morgan fingerprint density at radius 2 is 2.36 bits per heavy atom. The Hall–Kier alpha value is -1.11. The van der Waals surface area contributed by atoms with Crippen molar-refractivity contribution in [2.24, 2.45) is 0 Å². The van der Waals surface area contributed by atoms with Gasteiger partial charge in [0.2, 0.25) is 0 Å². The second-order valence-corrected chi connectivity index (χ2v) is 2.54. The van der Waals surface area contributed by atoms with Gasteiger partial charge in [-0.2, -0.15) is 0 Å². The van der Waals surface area contributed by atoms with Crippen LogP contribution in [0.4, 0.5) is 0 Å². The van der Waals surface area contributed by atoms with E-state index in [0.29, 0.717) is 0 Å². The van der Waals surface area contributed by atoms with Gasteiger partial charge in [0.1, 0.15) is 0 Å². The van der Waals surface area contributed by atoms with Crippen molar-refractivity contribution in [1.82, 2.24) is 4.98 Å². The average molecular weight is 147 g/mol. The number of pyridine rings is 1. The molecule has 0 radical (unpaired) electrons. The minimum Gasteiger partial charge on any atom is -0.261 e. The van der Waals surface area contributed by atoms with Gasteiger partial charge in [-0.1, -0.05) is 18.2 Å². The second-order valence-electron chi connectivity index (χ2n) is 2.54. The van der Waals surface area contributed by atoms with Gasteiger partial charge in [0.15, 0.2) is 0 Å². The number of hydrogen-bond acceptors (Lipinski definition) is 1. The van der Waals surface area contributed by atoms with Crippen LogP contribution in [0.3, 0.4) is 0 Å². The minimum atomic E-state index is 0.948. The lowest BCUT2D eigenvalue weighted by Crippen LogP contribution is -1.89. The summed E-state index contributed by atoms with van der Waals surface area (Å²) in [5, 5.41) is 0. The summed E-state index contributed by atoms with van der Waals surface area (Å²) in [5.74, 6) is 0. The zero-order valence-corrected chi connectivity index (χ0v) is 7.04. The monoisotopic (exact) mass is 147 g/mol. The van der Waals surface area contributed by atoms with Crippen LogP contribution in [0.5, 0.6) is 0 Å². The first-order chi connectivity index (χ1) is 5.34. The van der Waals surface area contributed by atoms with Gasteiger partial charge in [-0.3, -0.25) is 4.98 Å². The normalized spacial score (nSPS) is 10.7. The van der Waals surface area contributed by atoms with Crippen LogP contribution in [0.1, 0.15) is 18.2 Å². The first-order valence-corrected chi connectivity index (χ1v) is 3.86. The minimum absolute atomic E-state index is 0.948. The fourth-order valence-electron chi connectivity index (χ4n) is 0.962. The van der Waals surface area contributed by atoms with E-state index in [-0.39, 0.29) is 0 Å². The van der Waals surface area contributed by atoms with Gasteiger partial charge in [-0.15, -0.1) is 0 Å². The topological polar surface area (TPSA) is 12.9 Å². The van der Waals surface area contributed by atoms with E-state index in [4.69, 9.17) is 0 Å². The standard InChI is InChI=1S/C10H13N/c1-3-4-7-10-9(2)6-5-8-11-10/h3-6,8H,7H2,1-2H3. The van der Waals surface area contributed by atoms with Gasteiger partial charge in [-0.25, -0.2) is 0 Å². The molecular formula is C10H13N. The molecule has 1 aromatic heterocycles. The Kier molecular flexibility index (Phi) is 2.84. The first-order valence-electron chi connectivity index (χ1n) is 3.86. The quantitative estimate of drug-likeness (QED) is 0.586. The largest absolute Gasteiger partial charge is 0.261 e. The summed E-state index contributed by atoms with van der Waals surface area (Å²) in [6.07, 6.45) is 6.96. The Balaban J connectivity index is 2.77. The molecule has 1 heteroatoms. The molecule has 0 bridgehead atoms. The molecule has 0 unspecified atom stereocenters. The molecule has 1 rings (SSSR count). The van der Waals surface area contributed by atoms with Crippen LogP contribution in [-0.4, -0.2) is 4.98 Å². The Morgan fingerprint density at radius 3 is 3.00 bits per heavy atom. The summed E-state index contributed by atoms with van der Waals surface area (Å²) in [6, 6.07) is 4.06. The maximum absolute atomic E-state index is 4.26. The van der Waals surface area contributed by atoms with Crippen LogP contribution in [0.2, 0.25) is 0 Å². The van der Waals surface area contributed by atoms with Crippen molar-refractivity contribution in [3.63, 3.8) is 0 Å². The molecule has 0 aromatic carbocycles. The predicted molar refractivity (Wildman–Crippen MR) is 47.5 cm³/mol. The number of hydrogen-bond donors (Lipinski definition) is 0. The Labute approximate surface area is 67.8 Å². The molecule has 0 aliphatic heterocycles. The van der Waals surface area contributed by atoms with Crippen molar-refractivity contribution in [1.29, 1.82) is 0 Å². The van der Waals surface area contributed by atoms with Crippen molar-refractivity contribution in [2.45, 2.75) is 20.3 Å². The Bertz CT molecular complexity index is 251. The lowest BCUT2D eigenvalue weighted by atomic mass is 10.1. The van der Waals surface area contributed by atoms with E-state index in [1.54, 1.807) is 0 Å². The molecule has 0 saturated carbocycles. The summed E-state index contributed by atoms with van der Waals surface area (Å²) >= 11 is 0. The van der Waals surface area contributed by atoms with Gasteiger partial charge < -0.3 is 0 Å². The lowest BCUT2D eigenvalue weighted by Gasteiger charge is -1.98. The number of allylic oxidation sites excluding steroid dienone is 2. The molecule has 1 aromatic rings. The smallest absolute Gasteiger partial charge is 0.0470 e. The highest BCUT2D eigenvalue weighted by Gasteiger charge is 1.93. The van der Waals surface area contributed by atoms with Gasteiger partial charge in [0, 0.05) is 18.3 Å². The zero-order valence-electron chi connectivity index (χ0n) is 7.04. The summed E-state index contributed by atoms with van der Waals surface area (Å²) < 4.78 is 0. The SMILES string of the molecule is CC=CCc1ncccc1C. The molecule has 1 nitrogen and oxygen atoms in total. The Morgan fingerprint density at radius 1 is 1.55 bits per heavy atom. The van der Waals surface area contributed by atoms with E-state index in [0.717, 1.165) is 6.42 Å². The summed E-state index contributed by atoms with van der Waals surface area (Å²) in [7, 11) is 0. The van der Waals surface area contributed by atoms with E-state index >= 15 is 0 Å². The number of aryl methyl sites for hydroxylation is 1. The average Bonchev–Trinajstić information content (AvgIpc) is 2.03. The van der Waals surface area contributed by atoms with Crippen LogP contribution in [0.15, 0.2) is 30.5 Å². The van der Waals surface area contributed by atoms with Crippen LogP contribution in [0.25, 0.3) is 0 Å². The third-order valence-electron chi connectivity index (χ3n) is 1.66. The van der Waals surface area contributed by atoms with Crippen molar-refractivity contribution >= 4 is 0 Å². The fraction of sp³-hybridized carbons (Fsp3) is 0.300. The highest BCUT2D eigenvalue weighted by atomic mass is 14.7. The third kappa shape index (κ3) is 2.19. The van der Waals surface area contributed by atoms with E-state index in [1.165, 1.54) is 11.3 Å². The fourth-order valence-corrected chi connectivity index (χ4v) is 0.962. The van der Waals surface area contributed by atoms with E-state index in [9.17, 15) is 0 Å². The molecule has 0 spiro atoms. The lowest BCUT2D eigenvalue weighted by molar-refractivity contribution is 1.07. The predicted octanol–water partition coefficient (Wildman–Crippen LogP) is 2.51. The van der Waals surface area contributed by atoms with Gasteiger partial charge in [-0.05, 0) is 25.5 Å². The molecule has 0 amide bonds. The summed E-state index contributed by atoms with van der Waals surface area (Å²) in [4.78, 5) is 4.26. The van der Waals surface area contributed by atoms with Crippen LogP contribution >= 0.6 is 0 Å². The number of aromatic nitrogens is 1. The molecule has 0 aliphatic carbocycles. The van der Waals surface area contributed by atoms with Crippen molar-refractivity contribution in [2.75, 3.05) is 0 Å². The van der Waals surface area contributed by atoms with E-state index in [2.05, 4.69) is 24.1 Å². The summed E-state index contributed by atoms with van der Waals surface area (Å²) in [5.41, 5.74) is 2.44. The molecule has 1 heterocycles. The molecular weight excluding hydrogens is 134 g/mol. The number of nitrogens with zero attached hydrogens (tertiary/aromatic N) is 1. The highest BCUT2D eigenvalue weighted by molar-refractivity contribution is 5.19. The van der Waals surface area contributed by atoms with E-state index < -0.39 is 0 Å². The van der Waals surface area contributed by atoms with Gasteiger partial charge >= 0.3 is 0 Å². The van der Waals surface area contributed by atoms with Gasteiger partial charge in [0.25, 0.3) is 0 Å². The van der Waals surface area contributed by atoms with E-state index in [1.807, 2.05) is 25.3 Å². The summed E-state index contributed by atoms with van der Waals surface area (Å²) in [6.45, 7) is 4.12. The van der Waals surface area contributed by atoms with Crippen molar-refractivity contribution < 1.29 is 0 Å². The molecule has 0 atom stereocenters. The molecule has 58 valence electrons. The maximum Gasteiger partial charge on any atom is 0.0470 e. The van der Waals surface area contributed by atoms with Gasteiger partial charge in [0.05, 0.1) is 0 Å². The molecule has 11 heavy (non-hydrogen) atoms.